The Balaban J connectivity index is 0.000000231. The van der Waals surface area contributed by atoms with Crippen LogP contribution >= 0.6 is 0 Å². The summed E-state index contributed by atoms with van der Waals surface area (Å²) in [6.07, 6.45) is 11.1. The molecule has 0 aromatic carbocycles. The van der Waals surface area contributed by atoms with Crippen LogP contribution in [0.15, 0.2) is 0 Å². The van der Waals surface area contributed by atoms with E-state index in [1.54, 1.807) is 12.8 Å². The number of rotatable bonds is 1. The Hall–Kier alpha value is -0.440. The van der Waals surface area contributed by atoms with Crippen LogP contribution in [-0.2, 0) is 0 Å². The molecule has 0 aromatic heterocycles. The molecule has 2 saturated carbocycles. The lowest BCUT2D eigenvalue weighted by atomic mass is 10.0. The van der Waals surface area contributed by atoms with Crippen molar-refractivity contribution in [2.45, 2.75) is 26.7 Å². The first kappa shape index (κ1) is 7.66. The third-order valence-corrected chi connectivity index (χ3v) is 3.00. The fourth-order valence-corrected chi connectivity index (χ4v) is 2.40. The Bertz CT molecular complexity index is 119. The SMILES string of the molecule is C#C.CC(C)C1C2CCC21. The fraction of sp³-hybridized carbons (Fsp3) is 0.800. The van der Waals surface area contributed by atoms with E-state index in [-0.39, 0.29) is 0 Å². The molecular formula is C10H16. The van der Waals surface area contributed by atoms with Gasteiger partial charge in [-0.1, -0.05) is 13.8 Å². The third-order valence-electron chi connectivity index (χ3n) is 3.00. The van der Waals surface area contributed by atoms with Gasteiger partial charge in [-0.05, 0) is 36.5 Å². The fourth-order valence-electron chi connectivity index (χ4n) is 2.40. The maximum atomic E-state index is 4.00. The lowest BCUT2D eigenvalue weighted by molar-refractivity contribution is 0.468. The quantitative estimate of drug-likeness (QED) is 0.486. The summed E-state index contributed by atoms with van der Waals surface area (Å²) < 4.78 is 0. The second-order valence-electron chi connectivity index (χ2n) is 3.73. The summed E-state index contributed by atoms with van der Waals surface area (Å²) >= 11 is 0. The second kappa shape index (κ2) is 2.66. The first-order chi connectivity index (χ1) is 4.80. The molecule has 2 aliphatic carbocycles. The van der Waals surface area contributed by atoms with Crippen molar-refractivity contribution < 1.29 is 0 Å². The van der Waals surface area contributed by atoms with Crippen molar-refractivity contribution in [2.75, 3.05) is 0 Å². The van der Waals surface area contributed by atoms with Crippen LogP contribution in [0.1, 0.15) is 26.7 Å². The first-order valence-electron chi connectivity index (χ1n) is 4.14. The van der Waals surface area contributed by atoms with E-state index in [1.807, 2.05) is 0 Å². The van der Waals surface area contributed by atoms with Gasteiger partial charge in [0.15, 0.2) is 0 Å². The maximum absolute atomic E-state index is 4.00. The predicted molar refractivity (Wildman–Crippen MR) is 44.4 cm³/mol. The van der Waals surface area contributed by atoms with Gasteiger partial charge in [-0.2, -0.15) is 0 Å². The number of hydrogen-bond acceptors (Lipinski definition) is 0. The number of hydrogen-bond donors (Lipinski definition) is 0. The molecule has 56 valence electrons. The highest BCUT2D eigenvalue weighted by Gasteiger charge is 2.56. The topological polar surface area (TPSA) is 0 Å². The van der Waals surface area contributed by atoms with Crippen LogP contribution in [0.3, 0.4) is 0 Å². The zero-order chi connectivity index (χ0) is 7.72. The normalized spacial score (nSPS) is 40.7. The van der Waals surface area contributed by atoms with Gasteiger partial charge in [0.25, 0.3) is 0 Å². The van der Waals surface area contributed by atoms with Crippen molar-refractivity contribution in [2.24, 2.45) is 23.7 Å². The molecule has 0 radical (unpaired) electrons. The van der Waals surface area contributed by atoms with Gasteiger partial charge in [0, 0.05) is 0 Å². The van der Waals surface area contributed by atoms with Gasteiger partial charge in [-0.25, -0.2) is 0 Å². The summed E-state index contributed by atoms with van der Waals surface area (Å²) in [7, 11) is 0. The Kier molecular flexibility index (Phi) is 2.04. The summed E-state index contributed by atoms with van der Waals surface area (Å²) in [5.74, 6) is 4.51. The Labute approximate surface area is 64.0 Å². The molecule has 0 heterocycles. The molecule has 0 bridgehead atoms. The second-order valence-corrected chi connectivity index (χ2v) is 3.73. The van der Waals surface area contributed by atoms with Crippen molar-refractivity contribution in [1.29, 1.82) is 0 Å². The molecule has 2 atom stereocenters. The minimum absolute atomic E-state index is 0.979. The molecule has 0 aliphatic heterocycles. The van der Waals surface area contributed by atoms with E-state index in [0.29, 0.717) is 0 Å². The molecule has 2 aliphatic rings. The smallest absolute Gasteiger partial charge is 0.0329 e. The standard InChI is InChI=1S/C8H14.C2H2/c1-5(2)8-6-3-4-7(6)8;1-2/h5-8H,3-4H2,1-2H3;1-2H. The molecule has 10 heavy (non-hydrogen) atoms. The first-order valence-corrected chi connectivity index (χ1v) is 4.14. The molecule has 0 N–H and O–H groups in total. The maximum Gasteiger partial charge on any atom is -0.0329 e. The van der Waals surface area contributed by atoms with Crippen molar-refractivity contribution in [3.05, 3.63) is 0 Å². The largest absolute Gasteiger partial charge is 0.124 e. The van der Waals surface area contributed by atoms with E-state index in [2.05, 4.69) is 26.7 Å². The van der Waals surface area contributed by atoms with Crippen LogP contribution in [-0.4, -0.2) is 0 Å². The van der Waals surface area contributed by atoms with Gasteiger partial charge in [-0.3, -0.25) is 0 Å². The highest BCUT2D eigenvalue weighted by atomic mass is 14.6. The minimum atomic E-state index is 0.979. The average Bonchev–Trinajstić information content (AvgIpc) is 2.39. The van der Waals surface area contributed by atoms with Crippen molar-refractivity contribution >= 4 is 0 Å². The molecule has 0 nitrogen and oxygen atoms in total. The Morgan fingerprint density at radius 3 is 1.60 bits per heavy atom. The minimum Gasteiger partial charge on any atom is -0.124 e. The summed E-state index contributed by atoms with van der Waals surface area (Å²) in [6, 6.07) is 0. The van der Waals surface area contributed by atoms with Crippen molar-refractivity contribution in [3.63, 3.8) is 0 Å². The van der Waals surface area contributed by atoms with E-state index in [4.69, 9.17) is 0 Å². The summed E-state index contributed by atoms with van der Waals surface area (Å²) in [5.41, 5.74) is 0. The summed E-state index contributed by atoms with van der Waals surface area (Å²) in [4.78, 5) is 0. The van der Waals surface area contributed by atoms with Gasteiger partial charge in [0.05, 0.1) is 0 Å². The lowest BCUT2D eigenvalue weighted by Gasteiger charge is -2.04. The van der Waals surface area contributed by atoms with Crippen LogP contribution in [0.25, 0.3) is 0 Å². The van der Waals surface area contributed by atoms with Gasteiger partial charge in [-0.15, -0.1) is 12.8 Å². The van der Waals surface area contributed by atoms with Crippen molar-refractivity contribution in [3.8, 4) is 12.8 Å². The molecular weight excluding hydrogens is 120 g/mol. The number of fused-ring (bicyclic) bond motifs is 1. The molecule has 0 spiro atoms. The molecule has 2 rings (SSSR count). The van der Waals surface area contributed by atoms with Crippen LogP contribution in [0.4, 0.5) is 0 Å². The molecule has 0 saturated heterocycles. The third kappa shape index (κ3) is 0.944. The predicted octanol–water partition coefficient (Wildman–Crippen LogP) is 2.55. The highest BCUT2D eigenvalue weighted by Crippen LogP contribution is 2.63. The Morgan fingerprint density at radius 1 is 1.10 bits per heavy atom. The van der Waals surface area contributed by atoms with Crippen LogP contribution in [0, 0.1) is 36.5 Å². The van der Waals surface area contributed by atoms with E-state index in [9.17, 15) is 0 Å². The zero-order valence-electron chi connectivity index (χ0n) is 6.88. The van der Waals surface area contributed by atoms with Crippen LogP contribution in [0.5, 0.6) is 0 Å². The molecule has 0 heteroatoms. The highest BCUT2D eigenvalue weighted by molar-refractivity contribution is 5.05. The van der Waals surface area contributed by atoms with E-state index in [0.717, 1.165) is 11.8 Å². The monoisotopic (exact) mass is 136 g/mol. The van der Waals surface area contributed by atoms with Gasteiger partial charge in [0.2, 0.25) is 0 Å². The van der Waals surface area contributed by atoms with E-state index < -0.39 is 0 Å². The Morgan fingerprint density at radius 2 is 1.50 bits per heavy atom. The van der Waals surface area contributed by atoms with E-state index >= 15 is 0 Å². The molecule has 0 amide bonds. The average molecular weight is 136 g/mol. The van der Waals surface area contributed by atoms with Gasteiger partial charge >= 0.3 is 0 Å². The zero-order valence-corrected chi connectivity index (χ0v) is 6.88. The van der Waals surface area contributed by atoms with E-state index in [1.165, 1.54) is 11.8 Å². The van der Waals surface area contributed by atoms with Gasteiger partial charge < -0.3 is 0 Å². The lowest BCUT2D eigenvalue weighted by Crippen LogP contribution is -1.93. The summed E-state index contributed by atoms with van der Waals surface area (Å²) in [5, 5.41) is 0. The van der Waals surface area contributed by atoms with Crippen LogP contribution < -0.4 is 0 Å². The molecule has 2 unspecified atom stereocenters. The number of terminal acetylenes is 1. The van der Waals surface area contributed by atoms with Crippen molar-refractivity contribution in [1.82, 2.24) is 0 Å². The molecule has 0 aromatic rings. The van der Waals surface area contributed by atoms with Gasteiger partial charge in [0.1, 0.15) is 0 Å². The molecule has 2 fully saturated rings. The van der Waals surface area contributed by atoms with Crippen LogP contribution in [0.2, 0.25) is 0 Å². The summed E-state index contributed by atoms with van der Waals surface area (Å²) in [6.45, 7) is 4.73.